The van der Waals surface area contributed by atoms with Crippen LogP contribution >= 0.6 is 11.6 Å². The molecule has 1 aromatic carbocycles. The molecule has 0 amide bonds. The average molecular weight is 380 g/mol. The Morgan fingerprint density at radius 1 is 1.38 bits per heavy atom. The first-order valence-electron chi connectivity index (χ1n) is 8.96. The van der Waals surface area contributed by atoms with Gasteiger partial charge in [-0.15, -0.1) is 0 Å². The minimum Gasteiger partial charge on any atom is -0.371 e. The van der Waals surface area contributed by atoms with Crippen LogP contribution in [0.15, 0.2) is 28.8 Å². The van der Waals surface area contributed by atoms with E-state index in [1.165, 1.54) is 0 Å². The van der Waals surface area contributed by atoms with Crippen molar-refractivity contribution in [1.29, 1.82) is 0 Å². The van der Waals surface area contributed by atoms with Gasteiger partial charge in [-0.1, -0.05) is 35.0 Å². The number of benzene rings is 1. The number of ether oxygens (including phenoxy) is 2. The van der Waals surface area contributed by atoms with Crippen molar-refractivity contribution in [2.45, 2.75) is 52.0 Å². The van der Waals surface area contributed by atoms with Crippen molar-refractivity contribution in [2.75, 3.05) is 19.8 Å². The molecule has 1 fully saturated rings. The van der Waals surface area contributed by atoms with Gasteiger partial charge in [0.1, 0.15) is 6.10 Å². The molecule has 2 heterocycles. The Bertz CT molecular complexity index is 734. The molecular weight excluding hydrogens is 354 g/mol. The molecule has 0 unspecified atom stereocenters. The van der Waals surface area contributed by atoms with Gasteiger partial charge in [0.25, 0.3) is 0 Å². The number of morpholine rings is 1. The van der Waals surface area contributed by atoms with Crippen molar-refractivity contribution in [3.8, 4) is 0 Å². The molecule has 0 radical (unpaired) electrons. The van der Waals surface area contributed by atoms with Crippen LogP contribution < -0.4 is 0 Å². The lowest BCUT2D eigenvalue weighted by Gasteiger charge is -2.45. The number of nitrogens with zero attached hydrogens (tertiary/aromatic N) is 3. The van der Waals surface area contributed by atoms with Gasteiger partial charge in [0.05, 0.1) is 19.3 Å². The highest BCUT2D eigenvalue weighted by Crippen LogP contribution is 2.34. The Balaban J connectivity index is 1.73. The Kier molecular flexibility index (Phi) is 5.97. The van der Waals surface area contributed by atoms with E-state index < -0.39 is 0 Å². The maximum atomic E-state index is 6.35. The highest BCUT2D eigenvalue weighted by molar-refractivity contribution is 6.31. The summed E-state index contributed by atoms with van der Waals surface area (Å²) in [6, 6.07) is 7.81. The highest BCUT2D eigenvalue weighted by atomic mass is 35.5. The second kappa shape index (κ2) is 8.05. The maximum Gasteiger partial charge on any atom is 0.240 e. The van der Waals surface area contributed by atoms with Gasteiger partial charge >= 0.3 is 0 Å². The van der Waals surface area contributed by atoms with Gasteiger partial charge in [-0.2, -0.15) is 4.98 Å². The van der Waals surface area contributed by atoms with Gasteiger partial charge in [-0.25, -0.2) is 0 Å². The smallest absolute Gasteiger partial charge is 0.240 e. The zero-order valence-electron chi connectivity index (χ0n) is 15.7. The van der Waals surface area contributed by atoms with Crippen LogP contribution in [0.25, 0.3) is 0 Å². The minimum atomic E-state index is -0.175. The number of rotatable bonds is 6. The first-order chi connectivity index (χ1) is 12.4. The van der Waals surface area contributed by atoms with Crippen LogP contribution in [0.3, 0.4) is 0 Å². The van der Waals surface area contributed by atoms with E-state index in [1.807, 2.05) is 38.1 Å². The fourth-order valence-corrected chi connectivity index (χ4v) is 3.34. The SMILES string of the molecule is CCO[C@H](C)c1noc(CN2C[C@@H](c3ccccc3Cl)OCC2(C)C)n1. The summed E-state index contributed by atoms with van der Waals surface area (Å²) in [7, 11) is 0. The summed E-state index contributed by atoms with van der Waals surface area (Å²) in [6.07, 6.45) is -0.257. The van der Waals surface area contributed by atoms with E-state index in [4.69, 9.17) is 25.6 Å². The third-order valence-corrected chi connectivity index (χ3v) is 5.07. The van der Waals surface area contributed by atoms with E-state index in [1.54, 1.807) is 0 Å². The summed E-state index contributed by atoms with van der Waals surface area (Å²) in [6.45, 7) is 10.6. The van der Waals surface area contributed by atoms with Gasteiger partial charge < -0.3 is 14.0 Å². The summed E-state index contributed by atoms with van der Waals surface area (Å²) in [5.74, 6) is 1.16. The second-order valence-electron chi connectivity index (χ2n) is 7.16. The molecule has 1 aliphatic heterocycles. The van der Waals surface area contributed by atoms with Crippen molar-refractivity contribution in [3.05, 3.63) is 46.6 Å². The molecule has 0 spiro atoms. The van der Waals surface area contributed by atoms with E-state index in [0.717, 1.165) is 10.6 Å². The number of hydrogen-bond donors (Lipinski definition) is 0. The van der Waals surface area contributed by atoms with E-state index in [9.17, 15) is 0 Å². The second-order valence-corrected chi connectivity index (χ2v) is 7.57. The van der Waals surface area contributed by atoms with Gasteiger partial charge in [0, 0.05) is 29.3 Å². The summed E-state index contributed by atoms with van der Waals surface area (Å²) >= 11 is 6.35. The lowest BCUT2D eigenvalue weighted by atomic mass is 9.98. The van der Waals surface area contributed by atoms with Crippen molar-refractivity contribution >= 4 is 11.6 Å². The first-order valence-corrected chi connectivity index (χ1v) is 9.33. The van der Waals surface area contributed by atoms with Crippen molar-refractivity contribution in [3.63, 3.8) is 0 Å². The molecule has 26 heavy (non-hydrogen) atoms. The number of aromatic nitrogens is 2. The fraction of sp³-hybridized carbons (Fsp3) is 0.579. The van der Waals surface area contributed by atoms with E-state index in [0.29, 0.717) is 38.0 Å². The molecule has 7 heteroatoms. The highest BCUT2D eigenvalue weighted by Gasteiger charge is 2.37. The van der Waals surface area contributed by atoms with Crippen molar-refractivity contribution in [2.24, 2.45) is 0 Å². The Morgan fingerprint density at radius 3 is 2.88 bits per heavy atom. The minimum absolute atomic E-state index is 0.0820. The lowest BCUT2D eigenvalue weighted by Crippen LogP contribution is -2.53. The number of hydrogen-bond acceptors (Lipinski definition) is 6. The molecule has 2 atom stereocenters. The van der Waals surface area contributed by atoms with Crippen LogP contribution in [-0.4, -0.2) is 40.3 Å². The summed E-state index contributed by atoms with van der Waals surface area (Å²) in [5.41, 5.74) is 0.864. The third-order valence-electron chi connectivity index (χ3n) is 4.72. The summed E-state index contributed by atoms with van der Waals surface area (Å²) in [4.78, 5) is 6.79. The molecule has 3 rings (SSSR count). The molecule has 0 bridgehead atoms. The summed E-state index contributed by atoms with van der Waals surface area (Å²) in [5, 5.41) is 4.77. The van der Waals surface area contributed by atoms with Gasteiger partial charge in [-0.3, -0.25) is 4.90 Å². The van der Waals surface area contributed by atoms with Crippen LogP contribution in [-0.2, 0) is 16.0 Å². The molecular formula is C19H26ClN3O3. The van der Waals surface area contributed by atoms with E-state index in [2.05, 4.69) is 28.9 Å². The molecule has 1 aliphatic rings. The standard InChI is InChI=1S/C19H26ClN3O3/c1-5-24-13(2)18-21-17(26-22-18)11-23-10-16(25-12-19(23,3)4)14-8-6-7-9-15(14)20/h6-9,13,16H,5,10-12H2,1-4H3/t13-,16+/m1/s1. The third kappa shape index (κ3) is 4.26. The van der Waals surface area contributed by atoms with Gasteiger partial charge in [0.15, 0.2) is 5.82 Å². The lowest BCUT2D eigenvalue weighted by molar-refractivity contribution is -0.107. The van der Waals surface area contributed by atoms with Gasteiger partial charge in [0.2, 0.25) is 5.89 Å². The molecule has 142 valence electrons. The summed E-state index contributed by atoms with van der Waals surface area (Å²) < 4.78 is 17.1. The maximum absolute atomic E-state index is 6.35. The van der Waals surface area contributed by atoms with Crippen molar-refractivity contribution < 1.29 is 14.0 Å². The Morgan fingerprint density at radius 2 is 2.15 bits per heavy atom. The van der Waals surface area contributed by atoms with Crippen molar-refractivity contribution in [1.82, 2.24) is 15.0 Å². The number of halogens is 1. The predicted molar refractivity (Wildman–Crippen MR) is 99.0 cm³/mol. The molecule has 6 nitrogen and oxygen atoms in total. The molecule has 1 aromatic heterocycles. The van der Waals surface area contributed by atoms with Crippen LogP contribution in [0.4, 0.5) is 0 Å². The first kappa shape index (κ1) is 19.3. The zero-order valence-corrected chi connectivity index (χ0v) is 16.5. The van der Waals surface area contributed by atoms with Crippen LogP contribution in [0.1, 0.15) is 57.2 Å². The fourth-order valence-electron chi connectivity index (χ4n) is 3.08. The predicted octanol–water partition coefficient (Wildman–Crippen LogP) is 4.17. The molecule has 0 N–H and O–H groups in total. The Labute approximate surface area is 159 Å². The van der Waals surface area contributed by atoms with E-state index in [-0.39, 0.29) is 17.7 Å². The molecule has 0 saturated carbocycles. The van der Waals surface area contributed by atoms with Crippen LogP contribution in [0, 0.1) is 0 Å². The average Bonchev–Trinajstić information content (AvgIpc) is 3.06. The Hall–Kier alpha value is -1.47. The largest absolute Gasteiger partial charge is 0.371 e. The molecule has 1 saturated heterocycles. The van der Waals surface area contributed by atoms with Crippen LogP contribution in [0.5, 0.6) is 0 Å². The normalized spacial score (nSPS) is 21.7. The molecule has 2 aromatic rings. The van der Waals surface area contributed by atoms with E-state index >= 15 is 0 Å². The quantitative estimate of drug-likeness (QED) is 0.750. The monoisotopic (exact) mass is 379 g/mol. The van der Waals surface area contributed by atoms with Crippen LogP contribution in [0.2, 0.25) is 5.02 Å². The topological polar surface area (TPSA) is 60.6 Å². The molecule has 0 aliphatic carbocycles. The zero-order chi connectivity index (χ0) is 18.7. The van der Waals surface area contributed by atoms with Gasteiger partial charge in [-0.05, 0) is 33.8 Å².